The van der Waals surface area contributed by atoms with Crippen molar-refractivity contribution in [3.05, 3.63) is 58.1 Å². The van der Waals surface area contributed by atoms with Gasteiger partial charge in [0.05, 0.1) is 4.90 Å². The smallest absolute Gasteiger partial charge is 0.408 e. The van der Waals surface area contributed by atoms with Crippen molar-refractivity contribution in [3.63, 3.8) is 0 Å². The fraction of sp³-hybridized carbons (Fsp3) is 0.545. The predicted octanol–water partition coefficient (Wildman–Crippen LogP) is 4.36. The van der Waals surface area contributed by atoms with Crippen LogP contribution in [0.25, 0.3) is 0 Å². The molecule has 46 heavy (non-hydrogen) atoms. The zero-order chi connectivity index (χ0) is 34.1. The number of aliphatic carboxylic acids is 1. The first-order chi connectivity index (χ1) is 21.6. The number of fused-ring (bicyclic) bond motifs is 1. The summed E-state index contributed by atoms with van der Waals surface area (Å²) in [5.41, 5.74) is 14.6. The van der Waals surface area contributed by atoms with Crippen molar-refractivity contribution in [2.75, 3.05) is 6.54 Å². The van der Waals surface area contributed by atoms with E-state index in [2.05, 4.69) is 15.0 Å². The molecular weight excluding hydrogens is 610 g/mol. The minimum atomic E-state index is -4.04. The van der Waals surface area contributed by atoms with Crippen LogP contribution in [0.5, 0.6) is 5.75 Å². The van der Waals surface area contributed by atoms with E-state index in [0.29, 0.717) is 23.6 Å². The number of hydrogen-bond acceptors (Lipinski definition) is 8. The molecular formula is C33H49N5O7S. The maximum atomic E-state index is 13.3. The van der Waals surface area contributed by atoms with Crippen molar-refractivity contribution in [1.29, 1.82) is 0 Å². The Bertz CT molecular complexity index is 1500. The lowest BCUT2D eigenvalue weighted by atomic mass is 9.94. The average molecular weight is 660 g/mol. The first-order valence-corrected chi connectivity index (χ1v) is 17.2. The summed E-state index contributed by atoms with van der Waals surface area (Å²) in [6, 6.07) is 8.32. The highest BCUT2D eigenvalue weighted by Crippen LogP contribution is 2.43. The number of carboxylic acid groups (broad SMARTS) is 1. The summed E-state index contributed by atoms with van der Waals surface area (Å²) in [6.07, 6.45) is 6.65. The van der Waals surface area contributed by atoms with Gasteiger partial charge >= 0.3 is 12.1 Å². The highest BCUT2D eigenvalue weighted by Gasteiger charge is 2.36. The van der Waals surface area contributed by atoms with Crippen molar-refractivity contribution in [1.82, 2.24) is 10.0 Å². The molecule has 0 unspecified atom stereocenters. The lowest BCUT2D eigenvalue weighted by Gasteiger charge is -2.19. The third-order valence-corrected chi connectivity index (χ3v) is 9.81. The van der Waals surface area contributed by atoms with E-state index in [1.54, 1.807) is 38.1 Å². The number of carbonyl (C=O) groups is 2. The van der Waals surface area contributed by atoms with Crippen LogP contribution in [-0.2, 0) is 32.6 Å². The molecule has 2 aromatic rings. The van der Waals surface area contributed by atoms with Gasteiger partial charge in [-0.2, -0.15) is 0 Å². The molecule has 0 radical (unpaired) electrons. The van der Waals surface area contributed by atoms with Crippen LogP contribution in [0.4, 0.5) is 4.79 Å². The summed E-state index contributed by atoms with van der Waals surface area (Å²) >= 11 is 0. The number of alkyl carbamates (subject to hydrolysis) is 1. The molecule has 0 bridgehead atoms. The van der Waals surface area contributed by atoms with E-state index in [9.17, 15) is 23.1 Å². The van der Waals surface area contributed by atoms with Gasteiger partial charge in [-0.1, -0.05) is 49.6 Å². The van der Waals surface area contributed by atoms with Gasteiger partial charge in [-0.15, -0.1) is 0 Å². The number of amides is 1. The molecule has 0 spiro atoms. The van der Waals surface area contributed by atoms with Crippen LogP contribution in [-0.4, -0.2) is 55.8 Å². The Kier molecular flexibility index (Phi) is 12.8. The Hall–Kier alpha value is -3.84. The highest BCUT2D eigenvalue weighted by atomic mass is 32.2. The highest BCUT2D eigenvalue weighted by molar-refractivity contribution is 7.90. The Morgan fingerprint density at radius 3 is 2.33 bits per heavy atom. The second-order valence-electron chi connectivity index (χ2n) is 12.6. The first-order valence-electron chi connectivity index (χ1n) is 15.7. The van der Waals surface area contributed by atoms with Crippen LogP contribution in [0, 0.1) is 20.8 Å². The molecule has 1 heterocycles. The Morgan fingerprint density at radius 2 is 1.74 bits per heavy atom. The van der Waals surface area contributed by atoms with Gasteiger partial charge in [-0.3, -0.25) is 4.99 Å². The zero-order valence-electron chi connectivity index (χ0n) is 27.5. The molecule has 2 aliphatic rings. The molecule has 4 rings (SSSR count). The van der Waals surface area contributed by atoms with E-state index in [-0.39, 0.29) is 36.8 Å². The number of nitrogens with two attached hydrogens (primary N) is 2. The number of ether oxygens (including phenoxy) is 2. The standard InChI is InChI=1S/C27H36N4O7S.C6H13N/c1-16-17(2)23(18(3)20-14-27(4,5)38-22(16)20)39(35,36)31-25(28)29-13-9-12-21(24(32)33)30-26(34)37-15-19-10-7-6-8-11-19;7-6-4-2-1-3-5-6/h6-8,10-11,21H,9,12-15H2,1-5H3,(H,30,34)(H,32,33)(H3,28,29,31);6H,1-5,7H2/t21-;/m0./s1. The first kappa shape index (κ1) is 36.6. The van der Waals surface area contributed by atoms with Gasteiger partial charge < -0.3 is 31.4 Å². The van der Waals surface area contributed by atoms with E-state index in [1.807, 2.05) is 26.8 Å². The van der Waals surface area contributed by atoms with E-state index >= 15 is 0 Å². The van der Waals surface area contributed by atoms with Crippen molar-refractivity contribution < 1.29 is 32.6 Å². The minimum Gasteiger partial charge on any atom is -0.487 e. The van der Waals surface area contributed by atoms with Gasteiger partial charge in [0, 0.05) is 24.6 Å². The van der Waals surface area contributed by atoms with Crippen molar-refractivity contribution in [2.45, 2.75) is 115 Å². The maximum absolute atomic E-state index is 13.3. The summed E-state index contributed by atoms with van der Waals surface area (Å²) in [4.78, 5) is 27.8. The molecule has 1 aliphatic heterocycles. The molecule has 1 aliphatic carbocycles. The van der Waals surface area contributed by atoms with Gasteiger partial charge in [0.1, 0.15) is 24.0 Å². The SMILES string of the molecule is Cc1c(C)c(S(=O)(=O)NC(N)=NCCC[C@H](NC(=O)OCc2ccccc2)C(=O)O)c(C)c2c1OC(C)(C)C2.NC1CCCCC1. The normalized spacial score (nSPS) is 16.7. The topological polar surface area (TPSA) is 195 Å². The second-order valence-corrected chi connectivity index (χ2v) is 14.2. The minimum absolute atomic E-state index is 0.00740. The molecule has 13 heteroatoms. The number of nitrogens with zero attached hydrogens (tertiary/aromatic N) is 1. The summed E-state index contributed by atoms with van der Waals surface area (Å²) in [6.45, 7) is 9.27. The summed E-state index contributed by atoms with van der Waals surface area (Å²) < 4.78 is 40.0. The van der Waals surface area contributed by atoms with Crippen LogP contribution in [0.3, 0.4) is 0 Å². The van der Waals surface area contributed by atoms with Gasteiger partial charge in [0.2, 0.25) is 5.96 Å². The largest absolute Gasteiger partial charge is 0.487 e. The second kappa shape index (κ2) is 16.1. The van der Waals surface area contributed by atoms with Crippen molar-refractivity contribution in [3.8, 4) is 5.75 Å². The third kappa shape index (κ3) is 10.3. The van der Waals surface area contributed by atoms with Crippen molar-refractivity contribution >= 4 is 28.0 Å². The number of guanidine groups is 1. The summed E-state index contributed by atoms with van der Waals surface area (Å²) in [7, 11) is -4.04. The van der Waals surface area contributed by atoms with Gasteiger partial charge in [0.15, 0.2) is 0 Å². The predicted molar refractivity (Wildman–Crippen MR) is 177 cm³/mol. The fourth-order valence-electron chi connectivity index (χ4n) is 5.66. The molecule has 12 nitrogen and oxygen atoms in total. The monoisotopic (exact) mass is 659 g/mol. The molecule has 1 saturated carbocycles. The summed E-state index contributed by atoms with van der Waals surface area (Å²) in [5.74, 6) is -0.818. The molecule has 0 saturated heterocycles. The third-order valence-electron chi connectivity index (χ3n) is 8.19. The number of carboxylic acids is 1. The quantitative estimate of drug-likeness (QED) is 0.140. The van der Waals surface area contributed by atoms with Crippen LogP contribution in [0.2, 0.25) is 0 Å². The molecule has 2 aromatic carbocycles. The Labute approximate surface area is 272 Å². The van der Waals surface area contributed by atoms with E-state index in [1.165, 1.54) is 32.1 Å². The number of carbonyl (C=O) groups excluding carboxylic acids is 1. The molecule has 1 amide bonds. The number of hydrogen-bond donors (Lipinski definition) is 5. The Balaban J connectivity index is 0.000000724. The molecule has 0 aromatic heterocycles. The number of sulfonamides is 1. The maximum Gasteiger partial charge on any atom is 0.408 e. The molecule has 1 fully saturated rings. The molecule has 7 N–H and O–H groups in total. The van der Waals surface area contributed by atoms with Crippen LogP contribution >= 0.6 is 0 Å². The Morgan fingerprint density at radius 1 is 1.09 bits per heavy atom. The van der Waals surface area contributed by atoms with Gasteiger partial charge in [-0.05, 0) is 82.6 Å². The van der Waals surface area contributed by atoms with Crippen LogP contribution in [0.1, 0.15) is 86.6 Å². The van der Waals surface area contributed by atoms with E-state index < -0.39 is 33.7 Å². The summed E-state index contributed by atoms with van der Waals surface area (Å²) in [5, 5.41) is 11.8. The number of nitrogens with one attached hydrogen (secondary N) is 2. The van der Waals surface area contributed by atoms with Gasteiger partial charge in [0.25, 0.3) is 10.0 Å². The van der Waals surface area contributed by atoms with Crippen LogP contribution in [0.15, 0.2) is 40.2 Å². The van der Waals surface area contributed by atoms with Gasteiger partial charge in [-0.25, -0.2) is 22.7 Å². The number of aliphatic imine (C=N–C) groups is 1. The lowest BCUT2D eigenvalue weighted by molar-refractivity contribution is -0.139. The zero-order valence-corrected chi connectivity index (χ0v) is 28.3. The molecule has 1 atom stereocenters. The van der Waals surface area contributed by atoms with E-state index in [4.69, 9.17) is 20.9 Å². The number of rotatable bonds is 10. The van der Waals surface area contributed by atoms with E-state index in [0.717, 1.165) is 22.4 Å². The fourth-order valence-corrected chi connectivity index (χ4v) is 7.19. The molecule has 254 valence electrons. The lowest BCUT2D eigenvalue weighted by Crippen LogP contribution is -2.41. The van der Waals surface area contributed by atoms with Crippen molar-refractivity contribution in [2.24, 2.45) is 16.5 Å². The van der Waals surface area contributed by atoms with Crippen LogP contribution < -0.4 is 26.2 Å². The average Bonchev–Trinajstić information content (AvgIpc) is 3.33. The number of benzene rings is 2.